The molecule has 3 aliphatic rings. The van der Waals surface area contributed by atoms with E-state index in [-0.39, 0.29) is 35.6 Å². The molecule has 6 atom stereocenters. The predicted molar refractivity (Wildman–Crippen MR) is 84.4 cm³/mol. The van der Waals surface area contributed by atoms with Gasteiger partial charge in [0, 0.05) is 11.5 Å². The summed E-state index contributed by atoms with van der Waals surface area (Å²) in [6, 6.07) is 8.60. The quantitative estimate of drug-likeness (QED) is 0.463. The first kappa shape index (κ1) is 15.6. The SMILES string of the molecule is O=C(O[C@@H](CCl)C(=O)c1ccccc1)[C@@H]1[C@@H]2C[C@@H]3[C@@H]1C(=O)O[C@@H]3C2. The number of Topliss-reactive ketones (excluding diaryl/α,β-unsaturated/α-hetero) is 1. The van der Waals surface area contributed by atoms with Gasteiger partial charge in [-0.25, -0.2) is 0 Å². The van der Waals surface area contributed by atoms with Crippen LogP contribution in [0.15, 0.2) is 30.3 Å². The number of fused-ring (bicyclic) bond motifs is 1. The molecule has 126 valence electrons. The average molecular weight is 349 g/mol. The molecule has 0 radical (unpaired) electrons. The van der Waals surface area contributed by atoms with Gasteiger partial charge in [0.05, 0.1) is 17.7 Å². The first-order valence-electron chi connectivity index (χ1n) is 8.16. The Hall–Kier alpha value is -1.88. The van der Waals surface area contributed by atoms with Crippen molar-refractivity contribution in [2.45, 2.75) is 25.0 Å². The summed E-state index contributed by atoms with van der Waals surface area (Å²) >= 11 is 5.86. The molecule has 4 rings (SSSR count). The van der Waals surface area contributed by atoms with E-state index in [0.717, 1.165) is 6.42 Å². The monoisotopic (exact) mass is 348 g/mol. The average Bonchev–Trinajstić information content (AvgIpc) is 3.21. The van der Waals surface area contributed by atoms with Crippen molar-refractivity contribution in [2.75, 3.05) is 5.88 Å². The van der Waals surface area contributed by atoms with Crippen LogP contribution in [0.2, 0.25) is 0 Å². The number of carbonyl (C=O) groups excluding carboxylic acids is 3. The van der Waals surface area contributed by atoms with E-state index in [4.69, 9.17) is 21.1 Å². The Balaban J connectivity index is 1.49. The number of carbonyl (C=O) groups is 3. The lowest BCUT2D eigenvalue weighted by atomic mass is 9.80. The molecule has 6 heteroatoms. The summed E-state index contributed by atoms with van der Waals surface area (Å²) in [5.74, 6) is -1.93. The summed E-state index contributed by atoms with van der Waals surface area (Å²) < 4.78 is 10.8. The molecule has 2 aliphatic carbocycles. The molecular weight excluding hydrogens is 332 g/mol. The Bertz CT molecular complexity index is 686. The zero-order valence-electron chi connectivity index (χ0n) is 12.9. The fourth-order valence-corrected chi connectivity index (χ4v) is 4.69. The molecule has 0 aromatic heterocycles. The van der Waals surface area contributed by atoms with Gasteiger partial charge in [-0.05, 0) is 18.8 Å². The lowest BCUT2D eigenvalue weighted by Crippen LogP contribution is -2.38. The van der Waals surface area contributed by atoms with Crippen LogP contribution in [-0.2, 0) is 19.1 Å². The van der Waals surface area contributed by atoms with Crippen molar-refractivity contribution in [3.05, 3.63) is 35.9 Å². The van der Waals surface area contributed by atoms with Gasteiger partial charge in [0.2, 0.25) is 5.78 Å². The number of benzene rings is 1. The Morgan fingerprint density at radius 2 is 2.00 bits per heavy atom. The highest BCUT2D eigenvalue weighted by Gasteiger charge is 2.64. The third-order valence-corrected chi connectivity index (χ3v) is 5.78. The molecule has 24 heavy (non-hydrogen) atoms. The molecule has 0 unspecified atom stereocenters. The van der Waals surface area contributed by atoms with Crippen molar-refractivity contribution in [3.63, 3.8) is 0 Å². The lowest BCUT2D eigenvalue weighted by Gasteiger charge is -2.24. The van der Waals surface area contributed by atoms with Gasteiger partial charge in [-0.3, -0.25) is 14.4 Å². The van der Waals surface area contributed by atoms with Gasteiger partial charge in [-0.15, -0.1) is 11.6 Å². The predicted octanol–water partition coefficient (Wildman–Crippen LogP) is 2.22. The van der Waals surface area contributed by atoms with Crippen LogP contribution in [0.3, 0.4) is 0 Å². The molecule has 2 saturated carbocycles. The van der Waals surface area contributed by atoms with E-state index in [1.165, 1.54) is 0 Å². The second-order valence-corrected chi connectivity index (χ2v) is 7.04. The fourth-order valence-electron chi connectivity index (χ4n) is 4.49. The van der Waals surface area contributed by atoms with E-state index in [9.17, 15) is 14.4 Å². The summed E-state index contributed by atoms with van der Waals surface area (Å²) in [6.07, 6.45) is 0.462. The Kier molecular flexibility index (Phi) is 3.83. The van der Waals surface area contributed by atoms with Crippen molar-refractivity contribution in [3.8, 4) is 0 Å². The minimum Gasteiger partial charge on any atom is -0.462 e. The number of rotatable bonds is 5. The van der Waals surface area contributed by atoms with Gasteiger partial charge >= 0.3 is 11.9 Å². The summed E-state index contributed by atoms with van der Waals surface area (Å²) in [5, 5.41) is 0. The number of ketones is 1. The zero-order valence-corrected chi connectivity index (χ0v) is 13.6. The zero-order chi connectivity index (χ0) is 16.8. The van der Waals surface area contributed by atoms with Gasteiger partial charge in [0.1, 0.15) is 6.10 Å². The number of hydrogen-bond donors (Lipinski definition) is 0. The minimum atomic E-state index is -1.03. The highest BCUT2D eigenvalue weighted by molar-refractivity contribution is 6.21. The van der Waals surface area contributed by atoms with Crippen molar-refractivity contribution in [1.29, 1.82) is 0 Å². The molecule has 0 spiro atoms. The summed E-state index contributed by atoms with van der Waals surface area (Å²) in [5.41, 5.74) is 0.448. The third kappa shape index (κ3) is 2.34. The molecule has 0 amide bonds. The maximum atomic E-state index is 12.6. The highest BCUT2D eigenvalue weighted by atomic mass is 35.5. The molecule has 1 aromatic rings. The first-order valence-corrected chi connectivity index (χ1v) is 8.70. The van der Waals surface area contributed by atoms with Crippen molar-refractivity contribution < 1.29 is 23.9 Å². The van der Waals surface area contributed by atoms with Crippen LogP contribution < -0.4 is 0 Å². The smallest absolute Gasteiger partial charge is 0.310 e. The summed E-state index contributed by atoms with van der Waals surface area (Å²) in [6.45, 7) is 0. The third-order valence-electron chi connectivity index (χ3n) is 5.50. The molecule has 3 fully saturated rings. The number of hydrogen-bond acceptors (Lipinski definition) is 5. The normalized spacial score (nSPS) is 34.0. The van der Waals surface area contributed by atoms with Crippen molar-refractivity contribution in [1.82, 2.24) is 0 Å². The Morgan fingerprint density at radius 3 is 2.71 bits per heavy atom. The molecule has 0 N–H and O–H groups in total. The topological polar surface area (TPSA) is 69.7 Å². The van der Waals surface area contributed by atoms with E-state index in [1.54, 1.807) is 30.3 Å². The van der Waals surface area contributed by atoms with Gasteiger partial charge in [-0.2, -0.15) is 0 Å². The van der Waals surface area contributed by atoms with Crippen LogP contribution in [0, 0.1) is 23.7 Å². The Labute approximate surface area is 144 Å². The Morgan fingerprint density at radius 1 is 1.25 bits per heavy atom. The van der Waals surface area contributed by atoms with Gasteiger partial charge in [0.25, 0.3) is 0 Å². The summed E-state index contributed by atoms with van der Waals surface area (Å²) in [4.78, 5) is 37.1. The van der Waals surface area contributed by atoms with Crippen molar-refractivity contribution in [2.24, 2.45) is 23.7 Å². The van der Waals surface area contributed by atoms with E-state index in [2.05, 4.69) is 0 Å². The van der Waals surface area contributed by atoms with Crippen LogP contribution in [-0.4, -0.2) is 35.8 Å². The molecule has 1 aromatic carbocycles. The maximum Gasteiger partial charge on any atom is 0.310 e. The highest BCUT2D eigenvalue weighted by Crippen LogP contribution is 2.58. The first-order chi connectivity index (χ1) is 11.6. The molecular formula is C18H17ClO5. The van der Waals surface area contributed by atoms with Gasteiger partial charge < -0.3 is 9.47 Å². The van der Waals surface area contributed by atoms with E-state index >= 15 is 0 Å². The van der Waals surface area contributed by atoms with E-state index in [1.807, 2.05) is 0 Å². The number of esters is 2. The van der Waals surface area contributed by atoms with Crippen LogP contribution in [0.4, 0.5) is 0 Å². The van der Waals surface area contributed by atoms with Gasteiger partial charge in [0.15, 0.2) is 6.10 Å². The van der Waals surface area contributed by atoms with Crippen LogP contribution in [0.5, 0.6) is 0 Å². The van der Waals surface area contributed by atoms with E-state index < -0.39 is 23.9 Å². The fraction of sp³-hybridized carbons (Fsp3) is 0.500. The van der Waals surface area contributed by atoms with Crippen molar-refractivity contribution >= 4 is 29.3 Å². The second-order valence-electron chi connectivity index (χ2n) is 6.73. The largest absolute Gasteiger partial charge is 0.462 e. The number of ether oxygens (including phenoxy) is 2. The maximum absolute atomic E-state index is 12.6. The van der Waals surface area contributed by atoms with Crippen LogP contribution >= 0.6 is 11.6 Å². The molecule has 5 nitrogen and oxygen atoms in total. The molecule has 2 bridgehead atoms. The van der Waals surface area contributed by atoms with E-state index in [0.29, 0.717) is 12.0 Å². The number of alkyl halides is 1. The second kappa shape index (κ2) is 5.88. The molecule has 1 heterocycles. The summed E-state index contributed by atoms with van der Waals surface area (Å²) in [7, 11) is 0. The van der Waals surface area contributed by atoms with Crippen LogP contribution in [0.1, 0.15) is 23.2 Å². The standard InChI is InChI=1S/C18H17ClO5/c19-8-13(16(20)9-4-2-1-3-5-9)24-17(21)14-10-6-11-12(7-10)23-18(22)15(11)14/h1-5,10-15H,6-8H2/t10-,11+,12-,13+,14-,15+/m1/s1. The minimum absolute atomic E-state index is 0.0358. The molecule has 1 saturated heterocycles. The lowest BCUT2D eigenvalue weighted by molar-refractivity contribution is -0.157. The van der Waals surface area contributed by atoms with Gasteiger partial charge in [-0.1, -0.05) is 30.3 Å². The van der Waals surface area contributed by atoms with Crippen LogP contribution in [0.25, 0.3) is 0 Å². The molecule has 1 aliphatic heterocycles. The number of halogens is 1.